The van der Waals surface area contributed by atoms with Gasteiger partial charge in [0.2, 0.25) is 5.91 Å². The van der Waals surface area contributed by atoms with Gasteiger partial charge in [0.15, 0.2) is 0 Å². The zero-order chi connectivity index (χ0) is 20.5. The van der Waals surface area contributed by atoms with E-state index in [1.165, 1.54) is 0 Å². The van der Waals surface area contributed by atoms with Crippen LogP contribution in [-0.2, 0) is 20.9 Å². The van der Waals surface area contributed by atoms with E-state index in [1.54, 1.807) is 0 Å². The third-order valence-corrected chi connectivity index (χ3v) is 4.58. The van der Waals surface area contributed by atoms with Gasteiger partial charge in [-0.1, -0.05) is 91.0 Å². The fourth-order valence-corrected chi connectivity index (χ4v) is 3.24. The summed E-state index contributed by atoms with van der Waals surface area (Å²) in [5.41, 5.74) is 2.58. The van der Waals surface area contributed by atoms with Crippen molar-refractivity contribution in [1.82, 2.24) is 5.32 Å². The molecule has 29 heavy (non-hydrogen) atoms. The van der Waals surface area contributed by atoms with Crippen LogP contribution in [0.15, 0.2) is 91.0 Å². The minimum absolute atomic E-state index is 0.213. The molecule has 1 atom stereocenters. The Bertz CT molecular complexity index is 874. The van der Waals surface area contributed by atoms with Gasteiger partial charge in [-0.3, -0.25) is 4.79 Å². The van der Waals surface area contributed by atoms with Crippen LogP contribution in [0.3, 0.4) is 0 Å². The van der Waals surface area contributed by atoms with Gasteiger partial charge in [-0.2, -0.15) is 0 Å². The van der Waals surface area contributed by atoms with Gasteiger partial charge in [-0.05, 0) is 16.7 Å². The average molecular weight is 389 g/mol. The van der Waals surface area contributed by atoms with Crippen molar-refractivity contribution in [1.29, 1.82) is 0 Å². The molecule has 0 bridgehead atoms. The first kappa shape index (κ1) is 20.3. The van der Waals surface area contributed by atoms with Gasteiger partial charge in [-0.25, -0.2) is 4.79 Å². The van der Waals surface area contributed by atoms with Gasteiger partial charge in [-0.15, -0.1) is 0 Å². The summed E-state index contributed by atoms with van der Waals surface area (Å²) in [7, 11) is 0. The number of carboxylic acids is 1. The van der Waals surface area contributed by atoms with Crippen LogP contribution in [0.4, 0.5) is 0 Å². The summed E-state index contributed by atoms with van der Waals surface area (Å²) >= 11 is 0. The van der Waals surface area contributed by atoms with Crippen LogP contribution >= 0.6 is 0 Å². The van der Waals surface area contributed by atoms with Crippen LogP contribution in [0.2, 0.25) is 0 Å². The molecule has 0 fully saturated rings. The molecule has 0 radical (unpaired) electrons. The van der Waals surface area contributed by atoms with Gasteiger partial charge in [0.05, 0.1) is 6.61 Å². The lowest BCUT2D eigenvalue weighted by Crippen LogP contribution is -2.46. The van der Waals surface area contributed by atoms with Crippen molar-refractivity contribution in [2.24, 2.45) is 0 Å². The van der Waals surface area contributed by atoms with Crippen molar-refractivity contribution in [3.05, 3.63) is 108 Å². The molecule has 5 heteroatoms. The van der Waals surface area contributed by atoms with E-state index in [2.05, 4.69) is 5.32 Å². The summed E-state index contributed by atoms with van der Waals surface area (Å²) in [5.74, 6) is -2.09. The molecule has 2 N–H and O–H groups in total. The summed E-state index contributed by atoms with van der Waals surface area (Å²) in [5, 5.41) is 12.5. The van der Waals surface area contributed by atoms with Gasteiger partial charge < -0.3 is 15.2 Å². The van der Waals surface area contributed by atoms with Gasteiger partial charge in [0.25, 0.3) is 0 Å². The Labute approximate surface area is 170 Å². The number of aliphatic carboxylic acids is 1. The van der Waals surface area contributed by atoms with Crippen molar-refractivity contribution < 1.29 is 19.4 Å². The molecule has 1 amide bonds. The standard InChI is InChI=1S/C24H23NO4/c26-21(17-29-16-18-10-4-1-5-11-18)25-23(24(27)28)22(19-12-6-2-7-13-19)20-14-8-3-9-15-20/h1-15,22-23H,16-17H2,(H,25,26)(H,27,28)/t23-/m0/s1. The molecule has 148 valence electrons. The van der Waals surface area contributed by atoms with Crippen LogP contribution in [0.25, 0.3) is 0 Å². The molecular weight excluding hydrogens is 366 g/mol. The maximum Gasteiger partial charge on any atom is 0.327 e. The van der Waals surface area contributed by atoms with Crippen LogP contribution < -0.4 is 5.32 Å². The molecule has 0 aliphatic rings. The molecule has 0 aromatic heterocycles. The summed E-state index contributed by atoms with van der Waals surface area (Å²) in [6.45, 7) is 0.0712. The number of benzene rings is 3. The summed E-state index contributed by atoms with van der Waals surface area (Å²) in [6.07, 6.45) is 0. The van der Waals surface area contributed by atoms with Crippen molar-refractivity contribution >= 4 is 11.9 Å². The highest BCUT2D eigenvalue weighted by Gasteiger charge is 2.32. The molecule has 3 aromatic rings. The Balaban J connectivity index is 1.73. The number of ether oxygens (including phenoxy) is 1. The Morgan fingerprint density at radius 1 is 0.793 bits per heavy atom. The van der Waals surface area contributed by atoms with Crippen molar-refractivity contribution in [2.75, 3.05) is 6.61 Å². The van der Waals surface area contributed by atoms with E-state index in [0.717, 1.165) is 16.7 Å². The first-order valence-corrected chi connectivity index (χ1v) is 9.39. The molecule has 0 aliphatic heterocycles. The van der Waals surface area contributed by atoms with Gasteiger partial charge >= 0.3 is 5.97 Å². The fraction of sp³-hybridized carbons (Fsp3) is 0.167. The van der Waals surface area contributed by atoms with Crippen molar-refractivity contribution in [3.63, 3.8) is 0 Å². The highest BCUT2D eigenvalue weighted by atomic mass is 16.5. The first-order chi connectivity index (χ1) is 14.1. The van der Waals surface area contributed by atoms with Crippen molar-refractivity contribution in [3.8, 4) is 0 Å². The van der Waals surface area contributed by atoms with Gasteiger partial charge in [0, 0.05) is 5.92 Å². The SMILES string of the molecule is O=C(COCc1ccccc1)N[C@H](C(=O)O)C(c1ccccc1)c1ccccc1. The second-order valence-electron chi connectivity index (χ2n) is 6.66. The lowest BCUT2D eigenvalue weighted by atomic mass is 9.85. The maximum absolute atomic E-state index is 12.4. The van der Waals surface area contributed by atoms with E-state index in [-0.39, 0.29) is 13.2 Å². The lowest BCUT2D eigenvalue weighted by Gasteiger charge is -2.26. The normalized spacial score (nSPS) is 11.8. The van der Waals surface area contributed by atoms with Gasteiger partial charge in [0.1, 0.15) is 12.6 Å². The topological polar surface area (TPSA) is 75.6 Å². The Hall–Kier alpha value is -3.44. The molecule has 3 rings (SSSR count). The molecule has 0 aliphatic carbocycles. The third kappa shape index (κ3) is 5.77. The Morgan fingerprint density at radius 3 is 1.76 bits per heavy atom. The summed E-state index contributed by atoms with van der Waals surface area (Å²) < 4.78 is 5.45. The minimum atomic E-state index is -1.12. The summed E-state index contributed by atoms with van der Waals surface area (Å²) in [6, 6.07) is 27.0. The number of carbonyl (C=O) groups is 2. The zero-order valence-corrected chi connectivity index (χ0v) is 15.9. The molecule has 3 aromatic carbocycles. The molecule has 0 saturated carbocycles. The Morgan fingerprint density at radius 2 is 1.28 bits per heavy atom. The predicted molar refractivity (Wildman–Crippen MR) is 110 cm³/mol. The van der Waals surface area contributed by atoms with E-state index < -0.39 is 23.8 Å². The van der Waals surface area contributed by atoms with Crippen LogP contribution in [0, 0.1) is 0 Å². The van der Waals surface area contributed by atoms with Crippen LogP contribution in [0.1, 0.15) is 22.6 Å². The predicted octanol–water partition coefficient (Wildman–Crippen LogP) is 3.60. The highest BCUT2D eigenvalue weighted by Crippen LogP contribution is 2.28. The summed E-state index contributed by atoms with van der Waals surface area (Å²) in [4.78, 5) is 24.5. The number of amides is 1. The second kappa shape index (κ2) is 10.2. The zero-order valence-electron chi connectivity index (χ0n) is 15.9. The van der Waals surface area contributed by atoms with E-state index in [0.29, 0.717) is 0 Å². The van der Waals surface area contributed by atoms with Crippen LogP contribution in [0.5, 0.6) is 0 Å². The molecule has 0 heterocycles. The van der Waals surface area contributed by atoms with E-state index in [9.17, 15) is 14.7 Å². The molecule has 0 spiro atoms. The van der Waals surface area contributed by atoms with Crippen molar-refractivity contribution in [2.45, 2.75) is 18.6 Å². The molecule has 0 unspecified atom stereocenters. The molecule has 0 saturated heterocycles. The number of nitrogens with one attached hydrogen (secondary N) is 1. The number of carboxylic acid groups (broad SMARTS) is 1. The Kier molecular flexibility index (Phi) is 7.14. The smallest absolute Gasteiger partial charge is 0.327 e. The number of hydrogen-bond acceptors (Lipinski definition) is 3. The van der Waals surface area contributed by atoms with E-state index in [4.69, 9.17) is 4.74 Å². The number of carbonyl (C=O) groups excluding carboxylic acids is 1. The highest BCUT2D eigenvalue weighted by molar-refractivity contribution is 5.85. The quantitative estimate of drug-likeness (QED) is 0.586. The molecular formula is C24H23NO4. The number of hydrogen-bond donors (Lipinski definition) is 2. The third-order valence-electron chi connectivity index (χ3n) is 4.58. The van der Waals surface area contributed by atoms with E-state index in [1.807, 2.05) is 91.0 Å². The minimum Gasteiger partial charge on any atom is -0.480 e. The average Bonchev–Trinajstić information content (AvgIpc) is 2.75. The largest absolute Gasteiger partial charge is 0.480 e. The number of rotatable bonds is 9. The maximum atomic E-state index is 12.4. The first-order valence-electron chi connectivity index (χ1n) is 9.39. The second-order valence-corrected chi connectivity index (χ2v) is 6.66. The fourth-order valence-electron chi connectivity index (χ4n) is 3.24. The molecule has 5 nitrogen and oxygen atoms in total. The monoisotopic (exact) mass is 389 g/mol. The lowest BCUT2D eigenvalue weighted by molar-refractivity contribution is -0.143. The van der Waals surface area contributed by atoms with E-state index >= 15 is 0 Å². The van der Waals surface area contributed by atoms with Crippen LogP contribution in [-0.4, -0.2) is 29.6 Å².